The highest BCUT2D eigenvalue weighted by Crippen LogP contribution is 2.32. The van der Waals surface area contributed by atoms with E-state index in [0.717, 1.165) is 18.8 Å². The fourth-order valence-electron chi connectivity index (χ4n) is 3.20. The lowest BCUT2D eigenvalue weighted by molar-refractivity contribution is 0.138. The molecular weight excluding hydrogens is 267 g/mol. The summed E-state index contributed by atoms with van der Waals surface area (Å²) in [5, 5.41) is 10.8. The van der Waals surface area contributed by atoms with E-state index >= 15 is 0 Å². The maximum absolute atomic E-state index is 13.1. The summed E-state index contributed by atoms with van der Waals surface area (Å²) in [6, 6.07) is 6.72. The number of piperidine rings is 1. The molecule has 21 heavy (non-hydrogen) atoms. The Morgan fingerprint density at radius 1 is 1.10 bits per heavy atom. The molecule has 1 fully saturated rings. The number of hydrogen-bond donors (Lipinski definition) is 0. The van der Waals surface area contributed by atoms with Gasteiger partial charge in [-0.1, -0.05) is 25.5 Å². The summed E-state index contributed by atoms with van der Waals surface area (Å²) in [5.41, 5.74) is 0.916. The van der Waals surface area contributed by atoms with Crippen molar-refractivity contribution >= 4 is 5.69 Å². The van der Waals surface area contributed by atoms with Gasteiger partial charge in [0.2, 0.25) is 0 Å². The Bertz CT molecular complexity index is 494. The van der Waals surface area contributed by atoms with Gasteiger partial charge in [-0.2, -0.15) is 5.11 Å². The van der Waals surface area contributed by atoms with Crippen LogP contribution in [0.5, 0.6) is 0 Å². The van der Waals surface area contributed by atoms with Crippen LogP contribution in [0.3, 0.4) is 0 Å². The van der Waals surface area contributed by atoms with Crippen molar-refractivity contribution in [1.29, 1.82) is 0 Å². The normalized spacial score (nSPS) is 26.8. The van der Waals surface area contributed by atoms with E-state index in [-0.39, 0.29) is 18.0 Å². The summed E-state index contributed by atoms with van der Waals surface area (Å²) >= 11 is 0. The smallest absolute Gasteiger partial charge is 0.131 e. The zero-order chi connectivity index (χ0) is 14.8. The average Bonchev–Trinajstić information content (AvgIpc) is 2.94. The fraction of sp³-hybridized carbons (Fsp3) is 0.625. The Morgan fingerprint density at radius 3 is 2.38 bits per heavy atom. The van der Waals surface area contributed by atoms with Gasteiger partial charge in [-0.15, -0.1) is 0 Å². The van der Waals surface area contributed by atoms with E-state index < -0.39 is 0 Å². The second kappa shape index (κ2) is 6.10. The molecule has 2 unspecified atom stereocenters. The highest BCUT2D eigenvalue weighted by atomic mass is 19.1. The first-order valence-electron chi connectivity index (χ1n) is 7.86. The van der Waals surface area contributed by atoms with Crippen molar-refractivity contribution in [3.8, 4) is 0 Å². The molecule has 0 bridgehead atoms. The van der Waals surface area contributed by atoms with Crippen LogP contribution in [0.25, 0.3) is 0 Å². The Kier molecular flexibility index (Phi) is 4.19. The summed E-state index contributed by atoms with van der Waals surface area (Å²) < 4.78 is 13.1. The molecule has 0 N–H and O–H groups in total. The molecule has 0 radical (unpaired) electrons. The minimum atomic E-state index is -0.218. The number of likely N-dealkylation sites (tertiary alicyclic amines) is 1. The zero-order valence-corrected chi connectivity index (χ0v) is 12.7. The molecular formula is C16H23FN4. The third-order valence-corrected chi connectivity index (χ3v) is 4.38. The van der Waals surface area contributed by atoms with Crippen LogP contribution in [0.15, 0.2) is 34.6 Å². The number of halogens is 1. The van der Waals surface area contributed by atoms with Gasteiger partial charge < -0.3 is 0 Å². The van der Waals surface area contributed by atoms with E-state index in [9.17, 15) is 4.39 Å². The predicted octanol–water partition coefficient (Wildman–Crippen LogP) is 3.85. The summed E-state index contributed by atoms with van der Waals surface area (Å²) in [6.07, 6.45) is 3.94. The quantitative estimate of drug-likeness (QED) is 0.846. The summed E-state index contributed by atoms with van der Waals surface area (Å²) in [7, 11) is 0. The Hall–Kier alpha value is -1.49. The first kappa shape index (κ1) is 14.4. The Balaban J connectivity index is 1.87. The van der Waals surface area contributed by atoms with Gasteiger partial charge in [0.1, 0.15) is 18.0 Å². The molecule has 3 rings (SSSR count). The molecule has 1 aromatic rings. The molecule has 0 saturated carbocycles. The van der Waals surface area contributed by atoms with Gasteiger partial charge in [0, 0.05) is 13.1 Å². The Morgan fingerprint density at radius 2 is 1.76 bits per heavy atom. The van der Waals surface area contributed by atoms with Gasteiger partial charge in [0.05, 0.1) is 5.69 Å². The lowest BCUT2D eigenvalue weighted by Gasteiger charge is -2.39. The molecule has 0 aromatic heterocycles. The van der Waals surface area contributed by atoms with Crippen molar-refractivity contribution in [2.24, 2.45) is 16.3 Å². The van der Waals surface area contributed by atoms with Crippen LogP contribution < -0.4 is 5.01 Å². The highest BCUT2D eigenvalue weighted by molar-refractivity contribution is 5.47. The minimum absolute atomic E-state index is 0.163. The van der Waals surface area contributed by atoms with E-state index in [1.807, 2.05) is 5.01 Å². The van der Waals surface area contributed by atoms with Crippen LogP contribution in [0.4, 0.5) is 10.1 Å². The summed E-state index contributed by atoms with van der Waals surface area (Å²) in [4.78, 5) is 2.48. The largest absolute Gasteiger partial charge is 0.280 e. The van der Waals surface area contributed by atoms with Gasteiger partial charge in [0.25, 0.3) is 0 Å². The van der Waals surface area contributed by atoms with Gasteiger partial charge in [-0.3, -0.25) is 4.90 Å². The number of hydrogen-bond acceptors (Lipinski definition) is 4. The van der Waals surface area contributed by atoms with Crippen molar-refractivity contribution in [3.63, 3.8) is 0 Å². The maximum atomic E-state index is 13.1. The number of anilines is 1. The van der Waals surface area contributed by atoms with E-state index in [1.54, 1.807) is 12.1 Å². The number of nitrogens with zero attached hydrogens (tertiary/aromatic N) is 4. The molecule has 0 amide bonds. The molecule has 114 valence electrons. The van der Waals surface area contributed by atoms with E-state index in [1.165, 1.54) is 31.4 Å². The lowest BCUT2D eigenvalue weighted by Crippen LogP contribution is -2.52. The zero-order valence-electron chi connectivity index (χ0n) is 12.7. The van der Waals surface area contributed by atoms with Crippen LogP contribution in [-0.4, -0.2) is 30.2 Å². The Labute approximate surface area is 125 Å². The molecule has 1 aromatic carbocycles. The molecule has 1 saturated heterocycles. The standard InChI is InChI=1S/C16H23FN4/c1-12(2)15-16(20-10-4-3-5-11-20)21(19-18-15)14-8-6-13(17)7-9-14/h6-9,12,15-16H,3-5,10-11H2,1-2H3. The summed E-state index contributed by atoms with van der Waals surface area (Å²) in [5.74, 6) is 0.218. The van der Waals surface area contributed by atoms with Gasteiger partial charge in [-0.05, 0) is 43.0 Å². The van der Waals surface area contributed by atoms with E-state index in [2.05, 4.69) is 29.1 Å². The molecule has 5 heteroatoms. The first-order valence-corrected chi connectivity index (χ1v) is 7.86. The van der Waals surface area contributed by atoms with E-state index in [0.29, 0.717) is 5.92 Å². The third kappa shape index (κ3) is 2.93. The topological polar surface area (TPSA) is 31.2 Å². The van der Waals surface area contributed by atoms with Crippen LogP contribution in [-0.2, 0) is 0 Å². The highest BCUT2D eigenvalue weighted by Gasteiger charge is 2.40. The van der Waals surface area contributed by atoms with Crippen molar-refractivity contribution in [2.45, 2.75) is 45.3 Å². The molecule has 2 heterocycles. The number of rotatable bonds is 3. The van der Waals surface area contributed by atoms with Crippen molar-refractivity contribution in [2.75, 3.05) is 18.1 Å². The van der Waals surface area contributed by atoms with Gasteiger partial charge >= 0.3 is 0 Å². The fourth-order valence-corrected chi connectivity index (χ4v) is 3.20. The van der Waals surface area contributed by atoms with Crippen LogP contribution in [0.1, 0.15) is 33.1 Å². The van der Waals surface area contributed by atoms with Gasteiger partial charge in [0.15, 0.2) is 0 Å². The number of benzene rings is 1. The van der Waals surface area contributed by atoms with Gasteiger partial charge in [-0.25, -0.2) is 9.40 Å². The molecule has 0 aliphatic carbocycles. The first-order chi connectivity index (χ1) is 10.2. The predicted molar refractivity (Wildman–Crippen MR) is 81.6 cm³/mol. The molecule has 2 aliphatic rings. The molecule has 0 spiro atoms. The summed E-state index contributed by atoms with van der Waals surface area (Å²) in [6.45, 7) is 6.57. The van der Waals surface area contributed by atoms with Crippen molar-refractivity contribution < 1.29 is 4.39 Å². The van der Waals surface area contributed by atoms with Crippen molar-refractivity contribution in [3.05, 3.63) is 30.1 Å². The second-order valence-corrected chi connectivity index (χ2v) is 6.27. The molecule has 4 nitrogen and oxygen atoms in total. The van der Waals surface area contributed by atoms with Crippen LogP contribution in [0, 0.1) is 11.7 Å². The second-order valence-electron chi connectivity index (χ2n) is 6.27. The van der Waals surface area contributed by atoms with Crippen molar-refractivity contribution in [1.82, 2.24) is 4.90 Å². The lowest BCUT2D eigenvalue weighted by atomic mass is 9.99. The molecule has 2 aliphatic heterocycles. The third-order valence-electron chi connectivity index (χ3n) is 4.38. The van der Waals surface area contributed by atoms with E-state index in [4.69, 9.17) is 0 Å². The maximum Gasteiger partial charge on any atom is 0.131 e. The minimum Gasteiger partial charge on any atom is -0.280 e. The SMILES string of the molecule is CC(C)C1N=NN(c2ccc(F)cc2)C1N1CCCCC1. The average molecular weight is 290 g/mol. The monoisotopic (exact) mass is 290 g/mol. The molecule has 2 atom stereocenters. The van der Waals surface area contributed by atoms with Crippen LogP contribution >= 0.6 is 0 Å². The van der Waals surface area contributed by atoms with Crippen LogP contribution in [0.2, 0.25) is 0 Å².